The van der Waals surface area contributed by atoms with E-state index < -0.39 is 0 Å². The molecule has 1 N–H and O–H groups in total. The lowest BCUT2D eigenvalue weighted by atomic mass is 10.2. The van der Waals surface area contributed by atoms with Gasteiger partial charge in [0.1, 0.15) is 0 Å². The number of hydrogen-bond donors (Lipinski definition) is 1. The van der Waals surface area contributed by atoms with Crippen molar-refractivity contribution in [3.63, 3.8) is 0 Å². The number of carbonyl (C=O) groups excluding carboxylic acids is 2. The molecule has 0 aromatic heterocycles. The van der Waals surface area contributed by atoms with Crippen LogP contribution in [0.25, 0.3) is 0 Å². The van der Waals surface area contributed by atoms with E-state index in [-0.39, 0.29) is 18.4 Å². The van der Waals surface area contributed by atoms with E-state index in [0.717, 1.165) is 39.1 Å². The van der Waals surface area contributed by atoms with Crippen molar-refractivity contribution in [2.24, 2.45) is 0 Å². The van der Waals surface area contributed by atoms with Gasteiger partial charge in [-0.2, -0.15) is 0 Å². The van der Waals surface area contributed by atoms with Gasteiger partial charge >= 0.3 is 0 Å². The van der Waals surface area contributed by atoms with Crippen LogP contribution in [0.2, 0.25) is 0 Å². The second-order valence-electron chi connectivity index (χ2n) is 6.37. The van der Waals surface area contributed by atoms with Crippen molar-refractivity contribution in [3.8, 4) is 0 Å². The second-order valence-corrected chi connectivity index (χ2v) is 6.37. The maximum absolute atomic E-state index is 12.3. The third-order valence-corrected chi connectivity index (χ3v) is 4.14. The largest absolute Gasteiger partial charge is 0.343 e. The lowest BCUT2D eigenvalue weighted by Gasteiger charge is -2.21. The highest BCUT2D eigenvalue weighted by atomic mass is 16.2. The predicted molar refractivity (Wildman–Crippen MR) is 95.8 cm³/mol. The summed E-state index contributed by atoms with van der Waals surface area (Å²) in [6.45, 7) is 8.55. The molecule has 0 spiro atoms. The molecule has 0 atom stereocenters. The van der Waals surface area contributed by atoms with Crippen molar-refractivity contribution in [3.05, 3.63) is 47.5 Å². The summed E-state index contributed by atoms with van der Waals surface area (Å²) < 4.78 is 0. The molecule has 0 unspecified atom stereocenters. The Kier molecular flexibility index (Phi) is 7.00. The van der Waals surface area contributed by atoms with Gasteiger partial charge in [-0.1, -0.05) is 29.8 Å². The van der Waals surface area contributed by atoms with E-state index in [1.807, 2.05) is 23.1 Å². The first-order valence-corrected chi connectivity index (χ1v) is 8.53. The van der Waals surface area contributed by atoms with Gasteiger partial charge in [-0.05, 0) is 32.4 Å². The minimum Gasteiger partial charge on any atom is -0.343 e. The van der Waals surface area contributed by atoms with Gasteiger partial charge in [-0.3, -0.25) is 14.5 Å². The minimum atomic E-state index is -0.205. The molecular formula is C19H27N3O2. The summed E-state index contributed by atoms with van der Waals surface area (Å²) >= 11 is 0. The summed E-state index contributed by atoms with van der Waals surface area (Å²) in [6, 6.07) is 8.97. The Bertz CT molecular complexity index is 580. The molecular weight excluding hydrogens is 302 g/mol. The van der Waals surface area contributed by atoms with E-state index in [4.69, 9.17) is 0 Å². The number of rotatable bonds is 5. The molecule has 130 valence electrons. The van der Waals surface area contributed by atoms with Gasteiger partial charge in [0.05, 0.1) is 6.54 Å². The zero-order valence-corrected chi connectivity index (χ0v) is 14.6. The number of carbonyl (C=O) groups is 2. The predicted octanol–water partition coefficient (Wildman–Crippen LogP) is 1.92. The number of hydrogen-bond acceptors (Lipinski definition) is 3. The number of benzene rings is 1. The molecule has 1 saturated heterocycles. The maximum atomic E-state index is 12.3. The molecule has 0 bridgehead atoms. The van der Waals surface area contributed by atoms with Gasteiger partial charge in [-0.25, -0.2) is 0 Å². The quantitative estimate of drug-likeness (QED) is 0.840. The smallest absolute Gasteiger partial charge is 0.251 e. The third-order valence-electron chi connectivity index (χ3n) is 4.14. The maximum Gasteiger partial charge on any atom is 0.251 e. The topological polar surface area (TPSA) is 52.6 Å². The van der Waals surface area contributed by atoms with E-state index >= 15 is 0 Å². The van der Waals surface area contributed by atoms with Gasteiger partial charge < -0.3 is 10.2 Å². The van der Waals surface area contributed by atoms with Crippen LogP contribution in [0.15, 0.2) is 42.0 Å². The SMILES string of the molecule is CC(C)=CCN1CCCN(C(=O)CNC(=O)c2ccccc2)CC1. The summed E-state index contributed by atoms with van der Waals surface area (Å²) in [4.78, 5) is 28.6. The molecule has 1 aliphatic rings. The summed E-state index contributed by atoms with van der Waals surface area (Å²) in [5.74, 6) is -0.215. The molecule has 1 fully saturated rings. The number of allylic oxidation sites excluding steroid dienone is 1. The third kappa shape index (κ3) is 5.81. The molecule has 24 heavy (non-hydrogen) atoms. The fourth-order valence-corrected chi connectivity index (χ4v) is 2.67. The summed E-state index contributed by atoms with van der Waals surface area (Å²) in [5.41, 5.74) is 1.89. The summed E-state index contributed by atoms with van der Waals surface area (Å²) in [5, 5.41) is 2.71. The molecule has 5 nitrogen and oxygen atoms in total. The Morgan fingerprint density at radius 1 is 1.08 bits per heavy atom. The molecule has 0 saturated carbocycles. The average Bonchev–Trinajstić information content (AvgIpc) is 2.84. The number of nitrogens with one attached hydrogen (secondary N) is 1. The molecule has 5 heteroatoms. The highest BCUT2D eigenvalue weighted by molar-refractivity contribution is 5.96. The van der Waals surface area contributed by atoms with Crippen LogP contribution < -0.4 is 5.32 Å². The lowest BCUT2D eigenvalue weighted by Crippen LogP contribution is -2.42. The summed E-state index contributed by atoms with van der Waals surface area (Å²) in [6.07, 6.45) is 3.19. The lowest BCUT2D eigenvalue weighted by molar-refractivity contribution is -0.129. The number of amides is 2. The Morgan fingerprint density at radius 2 is 1.83 bits per heavy atom. The fraction of sp³-hybridized carbons (Fsp3) is 0.474. The molecule has 2 amide bonds. The van der Waals surface area contributed by atoms with Crippen molar-refractivity contribution in [2.45, 2.75) is 20.3 Å². The second kappa shape index (κ2) is 9.23. The first kappa shape index (κ1) is 18.2. The van der Waals surface area contributed by atoms with Crippen LogP contribution >= 0.6 is 0 Å². The zero-order chi connectivity index (χ0) is 17.4. The molecule has 1 heterocycles. The standard InChI is InChI=1S/C19H27N3O2/c1-16(2)9-12-21-10-6-11-22(14-13-21)18(23)15-20-19(24)17-7-4-3-5-8-17/h3-5,7-9H,6,10-15H2,1-2H3,(H,20,24). The van der Waals surface area contributed by atoms with Gasteiger partial charge in [0, 0.05) is 38.3 Å². The molecule has 2 rings (SSSR count). The van der Waals surface area contributed by atoms with Crippen molar-refractivity contribution in [1.82, 2.24) is 15.1 Å². The van der Waals surface area contributed by atoms with Crippen LogP contribution in [0.5, 0.6) is 0 Å². The van der Waals surface area contributed by atoms with Crippen LogP contribution in [0.4, 0.5) is 0 Å². The average molecular weight is 329 g/mol. The molecule has 0 aliphatic carbocycles. The molecule has 1 aromatic carbocycles. The zero-order valence-electron chi connectivity index (χ0n) is 14.6. The first-order chi connectivity index (χ1) is 11.6. The van der Waals surface area contributed by atoms with Gasteiger partial charge in [-0.15, -0.1) is 0 Å². The molecule has 1 aliphatic heterocycles. The van der Waals surface area contributed by atoms with Gasteiger partial charge in [0.25, 0.3) is 5.91 Å². The van der Waals surface area contributed by atoms with Crippen molar-refractivity contribution >= 4 is 11.8 Å². The van der Waals surface area contributed by atoms with E-state index in [2.05, 4.69) is 30.1 Å². The van der Waals surface area contributed by atoms with Gasteiger partial charge in [0.15, 0.2) is 0 Å². The first-order valence-electron chi connectivity index (χ1n) is 8.53. The Hall–Kier alpha value is -2.14. The number of nitrogens with zero attached hydrogens (tertiary/aromatic N) is 2. The fourth-order valence-electron chi connectivity index (χ4n) is 2.67. The van der Waals surface area contributed by atoms with E-state index in [1.54, 1.807) is 12.1 Å². The highest BCUT2D eigenvalue weighted by Crippen LogP contribution is 2.05. The van der Waals surface area contributed by atoms with Crippen molar-refractivity contribution < 1.29 is 9.59 Å². The van der Waals surface area contributed by atoms with Crippen molar-refractivity contribution in [2.75, 3.05) is 39.3 Å². The van der Waals surface area contributed by atoms with Crippen LogP contribution in [-0.2, 0) is 4.79 Å². The Balaban J connectivity index is 1.78. The monoisotopic (exact) mass is 329 g/mol. The van der Waals surface area contributed by atoms with Crippen LogP contribution in [0.1, 0.15) is 30.6 Å². The highest BCUT2D eigenvalue weighted by Gasteiger charge is 2.19. The van der Waals surface area contributed by atoms with Crippen LogP contribution in [0.3, 0.4) is 0 Å². The van der Waals surface area contributed by atoms with Gasteiger partial charge in [0.2, 0.25) is 5.91 Å². The van der Waals surface area contributed by atoms with Crippen LogP contribution in [0, 0.1) is 0 Å². The van der Waals surface area contributed by atoms with Crippen molar-refractivity contribution in [1.29, 1.82) is 0 Å². The minimum absolute atomic E-state index is 0.0108. The summed E-state index contributed by atoms with van der Waals surface area (Å²) in [7, 11) is 0. The normalized spacial score (nSPS) is 15.5. The van der Waals surface area contributed by atoms with E-state index in [0.29, 0.717) is 5.56 Å². The van der Waals surface area contributed by atoms with Crippen LogP contribution in [-0.4, -0.2) is 60.9 Å². The van der Waals surface area contributed by atoms with E-state index in [9.17, 15) is 9.59 Å². The Labute approximate surface area is 144 Å². The molecule has 1 aromatic rings. The van der Waals surface area contributed by atoms with E-state index in [1.165, 1.54) is 5.57 Å². The molecule has 0 radical (unpaired) electrons. The Morgan fingerprint density at radius 3 is 2.54 bits per heavy atom.